The first-order chi connectivity index (χ1) is 9.72. The summed E-state index contributed by atoms with van der Waals surface area (Å²) in [7, 11) is 0. The van der Waals surface area contributed by atoms with Crippen LogP contribution in [0.25, 0.3) is 10.9 Å². The highest BCUT2D eigenvalue weighted by atomic mass is 16.5. The Bertz CT molecular complexity index is 766. The maximum Gasteiger partial charge on any atom is 0.358 e. The summed E-state index contributed by atoms with van der Waals surface area (Å²) < 4.78 is 10.4. The lowest BCUT2D eigenvalue weighted by Gasteiger charge is -2.04. The molecule has 3 aromatic rings. The minimum Gasteiger partial charge on any atom is -0.484 e. The van der Waals surface area contributed by atoms with Gasteiger partial charge in [-0.25, -0.2) is 4.79 Å². The van der Waals surface area contributed by atoms with Gasteiger partial charge in [0.25, 0.3) is 0 Å². The van der Waals surface area contributed by atoms with E-state index in [9.17, 15) is 4.79 Å². The fourth-order valence-corrected chi connectivity index (χ4v) is 1.77. The topological polar surface area (TPSA) is 85.5 Å². The number of pyridine rings is 1. The van der Waals surface area contributed by atoms with E-state index in [-0.39, 0.29) is 12.3 Å². The third-order valence-electron chi connectivity index (χ3n) is 2.72. The number of nitrogens with zero attached hydrogens (tertiary/aromatic N) is 2. The molecule has 2 heterocycles. The second-order valence-corrected chi connectivity index (χ2v) is 4.14. The molecule has 100 valence electrons. The highest BCUT2D eigenvalue weighted by Gasteiger charge is 2.11. The van der Waals surface area contributed by atoms with Crippen LogP contribution in [-0.4, -0.2) is 21.2 Å². The molecule has 0 saturated heterocycles. The van der Waals surface area contributed by atoms with Crippen LogP contribution >= 0.6 is 0 Å². The third kappa shape index (κ3) is 2.44. The molecule has 6 nitrogen and oxygen atoms in total. The number of benzene rings is 1. The molecule has 0 radical (unpaired) electrons. The maximum absolute atomic E-state index is 10.7. The van der Waals surface area contributed by atoms with E-state index in [1.165, 1.54) is 6.07 Å². The number of ether oxygens (including phenoxy) is 1. The number of rotatable bonds is 4. The van der Waals surface area contributed by atoms with Crippen molar-refractivity contribution in [1.29, 1.82) is 0 Å². The molecule has 0 atom stereocenters. The largest absolute Gasteiger partial charge is 0.484 e. The van der Waals surface area contributed by atoms with E-state index in [4.69, 9.17) is 14.4 Å². The predicted octanol–water partition coefficient (Wildman–Crippen LogP) is 2.50. The van der Waals surface area contributed by atoms with Crippen LogP contribution in [0.2, 0.25) is 0 Å². The molecule has 0 saturated carbocycles. The van der Waals surface area contributed by atoms with E-state index in [1.807, 2.05) is 30.3 Å². The highest BCUT2D eigenvalue weighted by molar-refractivity contribution is 5.85. The van der Waals surface area contributed by atoms with Gasteiger partial charge in [-0.05, 0) is 12.1 Å². The van der Waals surface area contributed by atoms with Crippen molar-refractivity contribution in [3.8, 4) is 5.75 Å². The first kappa shape index (κ1) is 12.2. The van der Waals surface area contributed by atoms with Crippen molar-refractivity contribution in [2.24, 2.45) is 0 Å². The first-order valence-electron chi connectivity index (χ1n) is 5.89. The van der Waals surface area contributed by atoms with Gasteiger partial charge in [0.2, 0.25) is 0 Å². The number of carboxylic acid groups (broad SMARTS) is 1. The number of carboxylic acids is 1. The number of hydrogen-bond acceptors (Lipinski definition) is 5. The second-order valence-electron chi connectivity index (χ2n) is 4.14. The average Bonchev–Trinajstić information content (AvgIpc) is 2.94. The molecule has 0 aliphatic heterocycles. The molecular formula is C14H10N2O4. The predicted molar refractivity (Wildman–Crippen MR) is 69.5 cm³/mol. The molecule has 0 aliphatic carbocycles. The van der Waals surface area contributed by atoms with Crippen molar-refractivity contribution in [2.75, 3.05) is 0 Å². The lowest BCUT2D eigenvalue weighted by atomic mass is 10.2. The fraction of sp³-hybridized carbons (Fsp3) is 0.0714. The summed E-state index contributed by atoms with van der Waals surface area (Å²) in [6, 6.07) is 10.9. The summed E-state index contributed by atoms with van der Waals surface area (Å²) in [5.41, 5.74) is 0.743. The minimum atomic E-state index is -1.13. The van der Waals surface area contributed by atoms with Crippen molar-refractivity contribution in [3.63, 3.8) is 0 Å². The van der Waals surface area contributed by atoms with Crippen LogP contribution in [0.15, 0.2) is 47.1 Å². The van der Waals surface area contributed by atoms with E-state index in [0.717, 1.165) is 10.9 Å². The molecule has 1 aromatic carbocycles. The van der Waals surface area contributed by atoms with Crippen LogP contribution in [0.1, 0.15) is 16.2 Å². The van der Waals surface area contributed by atoms with Gasteiger partial charge in [-0.2, -0.15) is 0 Å². The van der Waals surface area contributed by atoms with E-state index >= 15 is 0 Å². The Morgan fingerprint density at radius 3 is 2.95 bits per heavy atom. The maximum atomic E-state index is 10.7. The van der Waals surface area contributed by atoms with E-state index in [0.29, 0.717) is 11.5 Å². The smallest absolute Gasteiger partial charge is 0.358 e. The van der Waals surface area contributed by atoms with Crippen LogP contribution in [0.5, 0.6) is 5.75 Å². The number of fused-ring (bicyclic) bond motifs is 1. The summed E-state index contributed by atoms with van der Waals surface area (Å²) in [4.78, 5) is 14.9. The van der Waals surface area contributed by atoms with Gasteiger partial charge in [0.1, 0.15) is 12.4 Å². The van der Waals surface area contributed by atoms with Gasteiger partial charge in [0.05, 0.1) is 11.7 Å². The Balaban J connectivity index is 1.74. The van der Waals surface area contributed by atoms with Crippen LogP contribution in [0, 0.1) is 0 Å². The van der Waals surface area contributed by atoms with Crippen molar-refractivity contribution in [1.82, 2.24) is 10.1 Å². The van der Waals surface area contributed by atoms with Gasteiger partial charge in [-0.15, -0.1) is 0 Å². The quantitative estimate of drug-likeness (QED) is 0.783. The lowest BCUT2D eigenvalue weighted by Crippen LogP contribution is -1.96. The van der Waals surface area contributed by atoms with E-state index in [1.54, 1.807) is 6.20 Å². The van der Waals surface area contributed by atoms with Gasteiger partial charge < -0.3 is 14.4 Å². The van der Waals surface area contributed by atoms with Crippen molar-refractivity contribution < 1.29 is 19.2 Å². The summed E-state index contributed by atoms with van der Waals surface area (Å²) >= 11 is 0. The van der Waals surface area contributed by atoms with Crippen LogP contribution in [0.3, 0.4) is 0 Å². The van der Waals surface area contributed by atoms with Gasteiger partial charge in [0, 0.05) is 11.5 Å². The summed E-state index contributed by atoms with van der Waals surface area (Å²) in [6.45, 7) is 0.0975. The zero-order valence-electron chi connectivity index (χ0n) is 10.3. The second kappa shape index (κ2) is 5.00. The van der Waals surface area contributed by atoms with Crippen molar-refractivity contribution in [2.45, 2.75) is 6.61 Å². The molecule has 0 amide bonds. The monoisotopic (exact) mass is 270 g/mol. The zero-order chi connectivity index (χ0) is 13.9. The van der Waals surface area contributed by atoms with Crippen molar-refractivity contribution in [3.05, 3.63) is 54.0 Å². The lowest BCUT2D eigenvalue weighted by molar-refractivity contribution is 0.0685. The molecule has 0 bridgehead atoms. The van der Waals surface area contributed by atoms with Crippen LogP contribution in [-0.2, 0) is 6.61 Å². The molecule has 20 heavy (non-hydrogen) atoms. The highest BCUT2D eigenvalue weighted by Crippen LogP contribution is 2.19. The van der Waals surface area contributed by atoms with Gasteiger partial charge in [0.15, 0.2) is 11.5 Å². The first-order valence-corrected chi connectivity index (χ1v) is 5.89. The number of aromatic carboxylic acids is 1. The third-order valence-corrected chi connectivity index (χ3v) is 2.72. The van der Waals surface area contributed by atoms with Gasteiger partial charge in [-0.3, -0.25) is 4.98 Å². The van der Waals surface area contributed by atoms with Gasteiger partial charge >= 0.3 is 5.97 Å². The molecule has 0 unspecified atom stereocenters. The number of para-hydroxylation sites is 1. The molecule has 0 aliphatic rings. The van der Waals surface area contributed by atoms with E-state index < -0.39 is 5.97 Å². The van der Waals surface area contributed by atoms with E-state index in [2.05, 4.69) is 10.1 Å². The zero-order valence-corrected chi connectivity index (χ0v) is 10.3. The molecule has 3 rings (SSSR count). The molecule has 6 heteroatoms. The Labute approximate surface area is 113 Å². The molecule has 1 N–H and O–H groups in total. The molecule has 0 spiro atoms. The molecule has 2 aromatic heterocycles. The van der Waals surface area contributed by atoms with Crippen LogP contribution in [0.4, 0.5) is 0 Å². The number of aromatic nitrogens is 2. The fourth-order valence-electron chi connectivity index (χ4n) is 1.77. The summed E-state index contributed by atoms with van der Waals surface area (Å²) in [5, 5.41) is 13.1. The molecular weight excluding hydrogens is 260 g/mol. The minimum absolute atomic E-state index is 0.0975. The normalized spacial score (nSPS) is 10.6. The Morgan fingerprint density at radius 2 is 2.15 bits per heavy atom. The van der Waals surface area contributed by atoms with Crippen LogP contribution < -0.4 is 4.74 Å². The van der Waals surface area contributed by atoms with Crippen molar-refractivity contribution >= 4 is 16.9 Å². The number of hydrogen-bond donors (Lipinski definition) is 1. The summed E-state index contributed by atoms with van der Waals surface area (Å²) in [6.07, 6.45) is 1.61. The Hall–Kier alpha value is -2.89. The number of carbonyl (C=O) groups is 1. The SMILES string of the molecule is O=C(O)c1cc(COc2cnc3ccccc3c2)on1. The Morgan fingerprint density at radius 1 is 1.30 bits per heavy atom. The Kier molecular flexibility index (Phi) is 3.04. The van der Waals surface area contributed by atoms with Gasteiger partial charge in [-0.1, -0.05) is 23.4 Å². The molecule has 0 fully saturated rings. The summed E-state index contributed by atoms with van der Waals surface area (Å²) in [5.74, 6) is -0.208. The standard InChI is InChI=1S/C14H10N2O4/c17-14(18)13-6-11(20-16-13)8-19-10-5-9-3-1-2-4-12(9)15-7-10/h1-7H,8H2,(H,17,18). The average molecular weight is 270 g/mol.